The molecule has 3 aromatic rings. The van der Waals surface area contributed by atoms with Crippen LogP contribution in [0.15, 0.2) is 18.3 Å². The van der Waals surface area contributed by atoms with Crippen LogP contribution in [-0.2, 0) is 18.3 Å². The van der Waals surface area contributed by atoms with Crippen molar-refractivity contribution in [2.75, 3.05) is 25.0 Å². The molecule has 0 amide bonds. The number of thiazole rings is 1. The standard InChI is InChI=1S/C21H28N6OS/c1-13-8-18(24-21-23-14(2)16(4)29-21)9-19(22-13)20-12-27(6-7-28-20)11-17-10-26(5)25-15(17)3/h8-10,20H,6-7,11-12H2,1-5H3,(H,22,23,24)/t20-/m1/s1. The highest BCUT2D eigenvalue weighted by molar-refractivity contribution is 7.15. The lowest BCUT2D eigenvalue weighted by Crippen LogP contribution is -2.38. The molecule has 4 heterocycles. The summed E-state index contributed by atoms with van der Waals surface area (Å²) in [6.07, 6.45) is 2.06. The van der Waals surface area contributed by atoms with Crippen molar-refractivity contribution in [3.8, 4) is 0 Å². The van der Waals surface area contributed by atoms with Gasteiger partial charge in [0.1, 0.15) is 6.10 Å². The lowest BCUT2D eigenvalue weighted by molar-refractivity contribution is -0.0350. The molecule has 29 heavy (non-hydrogen) atoms. The number of aryl methyl sites for hydroxylation is 5. The minimum Gasteiger partial charge on any atom is -0.369 e. The van der Waals surface area contributed by atoms with Crippen LogP contribution in [-0.4, -0.2) is 44.3 Å². The summed E-state index contributed by atoms with van der Waals surface area (Å²) in [4.78, 5) is 13.0. The summed E-state index contributed by atoms with van der Waals surface area (Å²) < 4.78 is 7.96. The first-order chi connectivity index (χ1) is 13.9. The van der Waals surface area contributed by atoms with Gasteiger partial charge in [0.25, 0.3) is 0 Å². The molecule has 0 radical (unpaired) electrons. The first-order valence-electron chi connectivity index (χ1n) is 9.90. The molecule has 4 rings (SSSR count). The first kappa shape index (κ1) is 20.0. The largest absolute Gasteiger partial charge is 0.369 e. The maximum atomic E-state index is 6.09. The van der Waals surface area contributed by atoms with E-state index in [9.17, 15) is 0 Å². The highest BCUT2D eigenvalue weighted by Crippen LogP contribution is 2.28. The van der Waals surface area contributed by atoms with Crippen molar-refractivity contribution in [1.29, 1.82) is 0 Å². The van der Waals surface area contributed by atoms with Crippen LogP contribution in [0.5, 0.6) is 0 Å². The number of hydrogen-bond donors (Lipinski definition) is 1. The molecule has 7 nitrogen and oxygen atoms in total. The maximum absolute atomic E-state index is 6.09. The van der Waals surface area contributed by atoms with Crippen LogP contribution in [0.25, 0.3) is 0 Å². The van der Waals surface area contributed by atoms with Gasteiger partial charge in [-0.2, -0.15) is 5.10 Å². The SMILES string of the molecule is Cc1cc(Nc2nc(C)c(C)s2)cc([C@H]2CN(Cc3cn(C)nc3C)CCO2)n1. The Bertz CT molecular complexity index is 991. The second-order valence-electron chi connectivity index (χ2n) is 7.72. The second-order valence-corrected chi connectivity index (χ2v) is 8.92. The van der Waals surface area contributed by atoms with E-state index in [4.69, 9.17) is 9.72 Å². The van der Waals surface area contributed by atoms with Crippen molar-refractivity contribution >= 4 is 22.2 Å². The molecule has 1 atom stereocenters. The molecule has 0 bridgehead atoms. The van der Waals surface area contributed by atoms with Gasteiger partial charge in [-0.15, -0.1) is 11.3 Å². The van der Waals surface area contributed by atoms with Crippen LogP contribution >= 0.6 is 11.3 Å². The molecular formula is C21H28N6OS. The number of morpholine rings is 1. The van der Waals surface area contributed by atoms with Crippen molar-refractivity contribution in [2.45, 2.75) is 40.3 Å². The van der Waals surface area contributed by atoms with Gasteiger partial charge in [0.2, 0.25) is 0 Å². The Kier molecular flexibility index (Phi) is 5.67. The van der Waals surface area contributed by atoms with Crippen molar-refractivity contribution in [3.05, 3.63) is 51.5 Å². The molecule has 1 aliphatic rings. The molecule has 1 saturated heterocycles. The molecule has 8 heteroatoms. The second kappa shape index (κ2) is 8.22. The summed E-state index contributed by atoms with van der Waals surface area (Å²) in [5, 5.41) is 8.80. The predicted molar refractivity (Wildman–Crippen MR) is 116 cm³/mol. The lowest BCUT2D eigenvalue weighted by Gasteiger charge is -2.32. The zero-order chi connectivity index (χ0) is 20.5. The van der Waals surface area contributed by atoms with E-state index in [-0.39, 0.29) is 6.10 Å². The summed E-state index contributed by atoms with van der Waals surface area (Å²) in [7, 11) is 1.97. The molecule has 0 unspecified atom stereocenters. The fourth-order valence-electron chi connectivity index (χ4n) is 3.65. The molecule has 0 aromatic carbocycles. The smallest absolute Gasteiger partial charge is 0.187 e. The monoisotopic (exact) mass is 412 g/mol. The van der Waals surface area contributed by atoms with Gasteiger partial charge < -0.3 is 10.1 Å². The van der Waals surface area contributed by atoms with E-state index in [1.807, 2.05) is 25.6 Å². The third-order valence-electron chi connectivity index (χ3n) is 5.24. The fraction of sp³-hybridized carbons (Fsp3) is 0.476. The van der Waals surface area contributed by atoms with E-state index in [2.05, 4.69) is 52.5 Å². The molecule has 1 fully saturated rings. The molecule has 1 N–H and O–H groups in total. The Morgan fingerprint density at radius 3 is 2.69 bits per heavy atom. The quantitative estimate of drug-likeness (QED) is 0.687. The van der Waals surface area contributed by atoms with Gasteiger partial charge in [0.05, 0.1) is 23.7 Å². The Labute approximate surface area is 175 Å². The number of hydrogen-bond acceptors (Lipinski definition) is 7. The topological polar surface area (TPSA) is 68.1 Å². The summed E-state index contributed by atoms with van der Waals surface area (Å²) in [6.45, 7) is 11.5. The van der Waals surface area contributed by atoms with Crippen LogP contribution in [0.1, 0.15) is 39.3 Å². The minimum absolute atomic E-state index is 0.0408. The third kappa shape index (κ3) is 4.66. The van der Waals surface area contributed by atoms with E-state index >= 15 is 0 Å². The summed E-state index contributed by atoms with van der Waals surface area (Å²) in [5.74, 6) is 0. The molecule has 1 aliphatic heterocycles. The summed E-state index contributed by atoms with van der Waals surface area (Å²) >= 11 is 1.67. The predicted octanol–water partition coefficient (Wildman–Crippen LogP) is 3.82. The van der Waals surface area contributed by atoms with Crippen LogP contribution < -0.4 is 5.32 Å². The molecular weight excluding hydrogens is 384 g/mol. The van der Waals surface area contributed by atoms with E-state index in [0.717, 1.165) is 53.2 Å². The maximum Gasteiger partial charge on any atom is 0.187 e. The van der Waals surface area contributed by atoms with Gasteiger partial charge in [0, 0.05) is 54.7 Å². The highest BCUT2D eigenvalue weighted by Gasteiger charge is 2.24. The Morgan fingerprint density at radius 2 is 2.00 bits per heavy atom. The number of anilines is 2. The Balaban J connectivity index is 1.49. The van der Waals surface area contributed by atoms with Gasteiger partial charge in [-0.1, -0.05) is 0 Å². The van der Waals surface area contributed by atoms with Crippen molar-refractivity contribution in [2.24, 2.45) is 7.05 Å². The van der Waals surface area contributed by atoms with E-state index in [1.165, 1.54) is 10.4 Å². The number of aromatic nitrogens is 4. The molecule has 0 saturated carbocycles. The summed E-state index contributed by atoms with van der Waals surface area (Å²) in [6, 6.07) is 4.14. The molecule has 0 aliphatic carbocycles. The van der Waals surface area contributed by atoms with Crippen molar-refractivity contribution in [1.82, 2.24) is 24.6 Å². The third-order valence-corrected chi connectivity index (χ3v) is 6.23. The van der Waals surface area contributed by atoms with Gasteiger partial charge in [-0.3, -0.25) is 14.6 Å². The molecule has 0 spiro atoms. The van der Waals surface area contributed by atoms with Crippen LogP contribution in [0, 0.1) is 27.7 Å². The number of nitrogens with zero attached hydrogens (tertiary/aromatic N) is 5. The average Bonchev–Trinajstić information content (AvgIpc) is 3.14. The number of ether oxygens (including phenoxy) is 1. The Morgan fingerprint density at radius 1 is 1.17 bits per heavy atom. The number of rotatable bonds is 5. The normalized spacial score (nSPS) is 17.6. The van der Waals surface area contributed by atoms with Crippen LogP contribution in [0.3, 0.4) is 0 Å². The first-order valence-corrected chi connectivity index (χ1v) is 10.7. The van der Waals surface area contributed by atoms with Crippen molar-refractivity contribution in [3.63, 3.8) is 0 Å². The fourth-order valence-corrected chi connectivity index (χ4v) is 4.49. The highest BCUT2D eigenvalue weighted by atomic mass is 32.1. The zero-order valence-corrected chi connectivity index (χ0v) is 18.5. The number of pyridine rings is 1. The van der Waals surface area contributed by atoms with Crippen molar-refractivity contribution < 1.29 is 4.74 Å². The van der Waals surface area contributed by atoms with Gasteiger partial charge in [0.15, 0.2) is 5.13 Å². The summed E-state index contributed by atoms with van der Waals surface area (Å²) in [5.41, 5.74) is 6.36. The molecule has 3 aromatic heterocycles. The van der Waals surface area contributed by atoms with E-state index < -0.39 is 0 Å². The lowest BCUT2D eigenvalue weighted by atomic mass is 10.1. The zero-order valence-electron chi connectivity index (χ0n) is 17.7. The Hall–Kier alpha value is -2.29. The number of nitrogens with one attached hydrogen (secondary N) is 1. The minimum atomic E-state index is -0.0408. The van der Waals surface area contributed by atoms with E-state index in [1.54, 1.807) is 11.3 Å². The van der Waals surface area contributed by atoms with Gasteiger partial charge in [-0.05, 0) is 39.8 Å². The average molecular weight is 413 g/mol. The van der Waals surface area contributed by atoms with Crippen LogP contribution in [0.2, 0.25) is 0 Å². The van der Waals surface area contributed by atoms with Gasteiger partial charge >= 0.3 is 0 Å². The van der Waals surface area contributed by atoms with Crippen LogP contribution in [0.4, 0.5) is 10.8 Å². The van der Waals surface area contributed by atoms with Gasteiger partial charge in [-0.25, -0.2) is 4.98 Å². The van der Waals surface area contributed by atoms with E-state index in [0.29, 0.717) is 6.61 Å². The molecule has 154 valence electrons.